The van der Waals surface area contributed by atoms with Crippen LogP contribution in [0, 0.1) is 0 Å². The lowest BCUT2D eigenvalue weighted by molar-refractivity contribution is -0.137. The summed E-state index contributed by atoms with van der Waals surface area (Å²) in [6, 6.07) is 12.0. The molecule has 2 aromatic heterocycles. The Morgan fingerprint density at radius 2 is 1.74 bits per heavy atom. The van der Waals surface area contributed by atoms with Crippen molar-refractivity contribution in [2.45, 2.75) is 58.0 Å². The molecule has 0 unspecified atom stereocenters. The highest BCUT2D eigenvalue weighted by Gasteiger charge is 2.36. The van der Waals surface area contributed by atoms with Crippen molar-refractivity contribution in [3.05, 3.63) is 71.7 Å². The first kappa shape index (κ1) is 26.4. The summed E-state index contributed by atoms with van der Waals surface area (Å²) in [5.74, 6) is 0.786. The first-order chi connectivity index (χ1) is 18.5. The number of alkyl halides is 3. The summed E-state index contributed by atoms with van der Waals surface area (Å²) in [7, 11) is 0. The molecule has 204 valence electrons. The van der Waals surface area contributed by atoms with Crippen LogP contribution in [0.15, 0.2) is 59.3 Å². The van der Waals surface area contributed by atoms with Crippen molar-refractivity contribution in [2.75, 3.05) is 6.54 Å². The van der Waals surface area contributed by atoms with Crippen LogP contribution in [0.3, 0.4) is 0 Å². The highest BCUT2D eigenvalue weighted by atomic mass is 19.4. The fraction of sp³-hybridized carbons (Fsp3) is 0.370. The normalized spacial score (nSPS) is 16.1. The van der Waals surface area contributed by atoms with Crippen LogP contribution >= 0.6 is 0 Å². The van der Waals surface area contributed by atoms with Gasteiger partial charge >= 0.3 is 12.3 Å². The topological polar surface area (TPSA) is 99.2 Å². The minimum Gasteiger partial charge on any atom is -0.444 e. The molecule has 1 saturated heterocycles. The number of carbonyl (C=O) groups excluding carboxylic acids is 1. The summed E-state index contributed by atoms with van der Waals surface area (Å²) >= 11 is 0. The second-order valence-electron chi connectivity index (χ2n) is 10.4. The zero-order valence-corrected chi connectivity index (χ0v) is 21.6. The lowest BCUT2D eigenvalue weighted by atomic mass is 10.1. The van der Waals surface area contributed by atoms with Crippen molar-refractivity contribution in [1.29, 1.82) is 0 Å². The van der Waals surface area contributed by atoms with Gasteiger partial charge in [-0.3, -0.25) is 4.90 Å². The third-order valence-corrected chi connectivity index (χ3v) is 6.21. The smallest absolute Gasteiger partial charge is 0.416 e. The standard InChI is InChI=1S/C27H27F3N6O3/c1-26(2,3)38-25(37)36-14-4-5-22(36)24-31-23(33-39-24)19-8-6-17(7-9-19)15-35-16-21(32-34-35)18-10-12-20(13-11-18)27(28,29)30/h6-13,16,22H,4-5,14-15H2,1-3H3/t22-/m0/s1. The van der Waals surface area contributed by atoms with Gasteiger partial charge in [0.15, 0.2) is 0 Å². The molecule has 1 aliphatic heterocycles. The highest BCUT2D eigenvalue weighted by molar-refractivity contribution is 5.69. The van der Waals surface area contributed by atoms with Crippen molar-refractivity contribution in [3.8, 4) is 22.6 Å². The molecule has 3 heterocycles. The minimum absolute atomic E-state index is 0.327. The van der Waals surface area contributed by atoms with Crippen molar-refractivity contribution in [2.24, 2.45) is 0 Å². The molecule has 12 heteroatoms. The zero-order valence-electron chi connectivity index (χ0n) is 21.6. The summed E-state index contributed by atoms with van der Waals surface area (Å²) in [5, 5.41) is 12.3. The van der Waals surface area contributed by atoms with Crippen LogP contribution in [0.1, 0.15) is 56.7 Å². The third-order valence-electron chi connectivity index (χ3n) is 6.21. The Labute approximate surface area is 222 Å². The van der Waals surface area contributed by atoms with Gasteiger partial charge in [0.25, 0.3) is 0 Å². The maximum atomic E-state index is 12.8. The number of carbonyl (C=O) groups is 1. The van der Waals surface area contributed by atoms with Gasteiger partial charge in [0, 0.05) is 17.7 Å². The Kier molecular flexibility index (Phi) is 6.87. The Bertz CT molecular complexity index is 1440. The number of hydrogen-bond acceptors (Lipinski definition) is 7. The van der Waals surface area contributed by atoms with Crippen LogP contribution in [-0.2, 0) is 17.5 Å². The molecule has 1 atom stereocenters. The molecule has 0 bridgehead atoms. The van der Waals surface area contributed by atoms with Gasteiger partial charge < -0.3 is 9.26 Å². The Hall–Kier alpha value is -4.22. The van der Waals surface area contributed by atoms with Gasteiger partial charge in [-0.1, -0.05) is 46.8 Å². The fourth-order valence-corrected chi connectivity index (χ4v) is 4.33. The molecule has 4 aromatic rings. The van der Waals surface area contributed by atoms with Gasteiger partial charge in [-0.05, 0) is 51.3 Å². The molecule has 0 aliphatic carbocycles. The number of benzene rings is 2. The van der Waals surface area contributed by atoms with E-state index in [1.807, 2.05) is 45.0 Å². The van der Waals surface area contributed by atoms with Crippen LogP contribution in [-0.4, -0.2) is 48.3 Å². The van der Waals surface area contributed by atoms with Gasteiger partial charge in [-0.2, -0.15) is 18.2 Å². The van der Waals surface area contributed by atoms with Crippen molar-refractivity contribution in [1.82, 2.24) is 30.0 Å². The largest absolute Gasteiger partial charge is 0.444 e. The van der Waals surface area contributed by atoms with E-state index in [0.717, 1.165) is 29.7 Å². The molecule has 39 heavy (non-hydrogen) atoms. The number of ether oxygens (including phenoxy) is 1. The number of likely N-dealkylation sites (tertiary alicyclic amines) is 1. The molecule has 1 aliphatic rings. The van der Waals surface area contributed by atoms with Crippen LogP contribution in [0.2, 0.25) is 0 Å². The Balaban J connectivity index is 1.24. The average Bonchev–Trinajstić information content (AvgIpc) is 3.63. The van der Waals surface area contributed by atoms with Crippen LogP contribution in [0.5, 0.6) is 0 Å². The summed E-state index contributed by atoms with van der Waals surface area (Å²) in [6.07, 6.45) is -1.57. The second-order valence-corrected chi connectivity index (χ2v) is 10.4. The maximum absolute atomic E-state index is 12.8. The number of halogens is 3. The predicted octanol–water partition coefficient (Wildman–Crippen LogP) is 6.13. The Morgan fingerprint density at radius 1 is 1.05 bits per heavy atom. The number of aromatic nitrogens is 5. The highest BCUT2D eigenvalue weighted by Crippen LogP contribution is 2.33. The van der Waals surface area contributed by atoms with Crippen molar-refractivity contribution in [3.63, 3.8) is 0 Å². The molecule has 2 aromatic carbocycles. The van der Waals surface area contributed by atoms with E-state index in [1.54, 1.807) is 15.8 Å². The number of rotatable bonds is 5. The van der Waals surface area contributed by atoms with E-state index in [9.17, 15) is 18.0 Å². The van der Waals surface area contributed by atoms with Crippen molar-refractivity contribution >= 4 is 6.09 Å². The van der Waals surface area contributed by atoms with Gasteiger partial charge in [0.1, 0.15) is 17.3 Å². The minimum atomic E-state index is -4.39. The van der Waals surface area contributed by atoms with E-state index in [4.69, 9.17) is 9.26 Å². The molecule has 1 fully saturated rings. The number of amides is 1. The van der Waals surface area contributed by atoms with Gasteiger partial charge in [-0.25, -0.2) is 9.48 Å². The molecule has 0 spiro atoms. The van der Waals surface area contributed by atoms with E-state index in [1.165, 1.54) is 12.1 Å². The SMILES string of the molecule is CC(C)(C)OC(=O)N1CCC[C@H]1c1nc(-c2ccc(Cn3cc(-c4ccc(C(F)(F)F)cc4)nn3)cc2)no1. The molecule has 9 nitrogen and oxygen atoms in total. The molecule has 0 saturated carbocycles. The van der Waals surface area contributed by atoms with E-state index in [0.29, 0.717) is 42.5 Å². The van der Waals surface area contributed by atoms with E-state index >= 15 is 0 Å². The van der Waals surface area contributed by atoms with Crippen LogP contribution in [0.25, 0.3) is 22.6 Å². The summed E-state index contributed by atoms with van der Waals surface area (Å²) in [6.45, 7) is 6.45. The van der Waals surface area contributed by atoms with E-state index in [-0.39, 0.29) is 6.04 Å². The molecule has 1 amide bonds. The lowest BCUT2D eigenvalue weighted by Gasteiger charge is -2.26. The summed E-state index contributed by atoms with van der Waals surface area (Å²) in [5.41, 5.74) is 1.40. The maximum Gasteiger partial charge on any atom is 0.416 e. The van der Waals surface area contributed by atoms with Crippen LogP contribution < -0.4 is 0 Å². The number of nitrogens with zero attached hydrogens (tertiary/aromatic N) is 6. The molecule has 5 rings (SSSR count). The molecule has 0 N–H and O–H groups in total. The summed E-state index contributed by atoms with van der Waals surface area (Å²) in [4.78, 5) is 18.8. The quantitative estimate of drug-likeness (QED) is 0.300. The fourth-order valence-electron chi connectivity index (χ4n) is 4.33. The summed E-state index contributed by atoms with van der Waals surface area (Å²) < 4.78 is 51.1. The first-order valence-corrected chi connectivity index (χ1v) is 12.5. The van der Waals surface area contributed by atoms with E-state index in [2.05, 4.69) is 20.5 Å². The number of hydrogen-bond donors (Lipinski definition) is 0. The molecular formula is C27H27F3N6O3. The zero-order chi connectivity index (χ0) is 27.8. The van der Waals surface area contributed by atoms with Gasteiger partial charge in [0.2, 0.25) is 11.7 Å². The van der Waals surface area contributed by atoms with E-state index < -0.39 is 23.4 Å². The van der Waals surface area contributed by atoms with Crippen molar-refractivity contribution < 1.29 is 27.2 Å². The molecular weight excluding hydrogens is 513 g/mol. The van der Waals surface area contributed by atoms with Gasteiger partial charge in [0.05, 0.1) is 18.3 Å². The first-order valence-electron chi connectivity index (χ1n) is 12.5. The molecule has 0 radical (unpaired) electrons. The third kappa shape index (κ3) is 6.10. The predicted molar refractivity (Wildman–Crippen MR) is 134 cm³/mol. The van der Waals surface area contributed by atoms with Gasteiger partial charge in [-0.15, -0.1) is 5.10 Å². The average molecular weight is 541 g/mol. The lowest BCUT2D eigenvalue weighted by Crippen LogP contribution is -2.36. The monoisotopic (exact) mass is 540 g/mol. The van der Waals surface area contributed by atoms with Crippen LogP contribution in [0.4, 0.5) is 18.0 Å². The second kappa shape index (κ2) is 10.2. The Morgan fingerprint density at radius 3 is 2.41 bits per heavy atom.